The van der Waals surface area contributed by atoms with Gasteiger partial charge in [-0.25, -0.2) is 4.79 Å². The molecule has 0 aliphatic carbocycles. The van der Waals surface area contributed by atoms with Crippen molar-refractivity contribution in [3.63, 3.8) is 0 Å². The smallest absolute Gasteiger partial charge is 0.349 e. The number of carbonyl (C=O) groups excluding carboxylic acids is 2. The number of nitrogens with zero attached hydrogens (tertiary/aromatic N) is 1. The molecule has 7 heteroatoms. The predicted octanol–water partition coefficient (Wildman–Crippen LogP) is 2.96. The van der Waals surface area contributed by atoms with Crippen LogP contribution in [-0.2, 0) is 17.6 Å². The normalized spacial score (nSPS) is 14.2. The van der Waals surface area contributed by atoms with E-state index in [1.165, 1.54) is 0 Å². The molecule has 0 spiro atoms. The summed E-state index contributed by atoms with van der Waals surface area (Å²) in [5.74, 6) is 0.220. The Bertz CT molecular complexity index is 1160. The molecule has 1 aliphatic rings. The van der Waals surface area contributed by atoms with Gasteiger partial charge in [0.05, 0.1) is 0 Å². The summed E-state index contributed by atoms with van der Waals surface area (Å²) in [5.41, 5.74) is 2.23. The molecule has 7 nitrogen and oxygen atoms in total. The third-order valence-electron chi connectivity index (χ3n) is 5.83. The molecule has 0 bridgehead atoms. The van der Waals surface area contributed by atoms with Gasteiger partial charge in [0.25, 0.3) is 5.91 Å². The van der Waals surface area contributed by atoms with Gasteiger partial charge in [-0.05, 0) is 49.4 Å². The Kier molecular flexibility index (Phi) is 6.21. The lowest BCUT2D eigenvalue weighted by molar-refractivity contribution is -0.133. The molecule has 1 aromatic carbocycles. The van der Waals surface area contributed by atoms with Gasteiger partial charge in [0.15, 0.2) is 0 Å². The molecule has 2 N–H and O–H groups in total. The van der Waals surface area contributed by atoms with Crippen molar-refractivity contribution < 1.29 is 14.0 Å². The molecule has 162 valence electrons. The molecular weight excluding hydrogens is 394 g/mol. The number of piperidine rings is 1. The van der Waals surface area contributed by atoms with Crippen LogP contribution in [0.5, 0.6) is 0 Å². The molecule has 1 fully saturated rings. The van der Waals surface area contributed by atoms with Crippen LogP contribution in [0.25, 0.3) is 10.9 Å². The van der Waals surface area contributed by atoms with E-state index in [0.717, 1.165) is 42.3 Å². The first kappa shape index (κ1) is 20.9. The number of rotatable bonds is 7. The number of aromatic nitrogens is 1. The van der Waals surface area contributed by atoms with Crippen LogP contribution in [0.3, 0.4) is 0 Å². The molecule has 4 rings (SSSR count). The van der Waals surface area contributed by atoms with Crippen molar-refractivity contribution >= 4 is 22.7 Å². The Morgan fingerprint density at radius 3 is 2.84 bits per heavy atom. The number of nitrogens with one attached hydrogen (secondary N) is 2. The zero-order valence-corrected chi connectivity index (χ0v) is 17.7. The molecule has 0 unspecified atom stereocenters. The largest absolute Gasteiger partial charge is 0.427 e. The molecule has 3 aromatic rings. The van der Waals surface area contributed by atoms with Crippen molar-refractivity contribution in [2.75, 3.05) is 19.6 Å². The van der Waals surface area contributed by atoms with Gasteiger partial charge < -0.3 is 19.6 Å². The van der Waals surface area contributed by atoms with E-state index in [-0.39, 0.29) is 11.5 Å². The van der Waals surface area contributed by atoms with Crippen LogP contribution in [0.1, 0.15) is 46.5 Å². The van der Waals surface area contributed by atoms with E-state index in [4.69, 9.17) is 4.42 Å². The zero-order valence-electron chi connectivity index (χ0n) is 17.7. The van der Waals surface area contributed by atoms with Crippen LogP contribution >= 0.6 is 0 Å². The standard InChI is InChI=1S/C24H27N3O4/c1-16-14-18(10-9-17-15-26-20-7-3-2-6-19(17)20)31-24(30)22(16)23(29)25-11-13-27-12-5-4-8-21(27)28/h2-3,6-7,14-15,26H,4-5,8-13H2,1H3,(H,25,29). The lowest BCUT2D eigenvalue weighted by Gasteiger charge is -2.26. The number of likely N-dealkylation sites (tertiary alicyclic amines) is 1. The molecule has 2 amide bonds. The fourth-order valence-corrected chi connectivity index (χ4v) is 4.16. The second kappa shape index (κ2) is 9.20. The summed E-state index contributed by atoms with van der Waals surface area (Å²) < 4.78 is 5.44. The molecule has 2 aromatic heterocycles. The van der Waals surface area contributed by atoms with Crippen molar-refractivity contribution in [2.45, 2.75) is 39.0 Å². The highest BCUT2D eigenvalue weighted by Gasteiger charge is 2.20. The van der Waals surface area contributed by atoms with Crippen molar-refractivity contribution in [1.29, 1.82) is 0 Å². The fourth-order valence-electron chi connectivity index (χ4n) is 4.16. The van der Waals surface area contributed by atoms with Crippen LogP contribution in [0.2, 0.25) is 0 Å². The predicted molar refractivity (Wildman–Crippen MR) is 118 cm³/mol. The lowest BCUT2D eigenvalue weighted by Crippen LogP contribution is -2.41. The third kappa shape index (κ3) is 4.71. The molecular formula is C24H27N3O4. The summed E-state index contributed by atoms with van der Waals surface area (Å²) >= 11 is 0. The summed E-state index contributed by atoms with van der Waals surface area (Å²) in [4.78, 5) is 41.9. The van der Waals surface area contributed by atoms with Crippen LogP contribution in [0, 0.1) is 6.92 Å². The van der Waals surface area contributed by atoms with E-state index in [2.05, 4.69) is 16.4 Å². The van der Waals surface area contributed by atoms with Gasteiger partial charge in [-0.2, -0.15) is 0 Å². The van der Waals surface area contributed by atoms with E-state index in [0.29, 0.717) is 37.3 Å². The van der Waals surface area contributed by atoms with Gasteiger partial charge in [-0.15, -0.1) is 0 Å². The Morgan fingerprint density at radius 2 is 2.03 bits per heavy atom. The Hall–Kier alpha value is -3.35. The molecule has 0 radical (unpaired) electrons. The first-order valence-electron chi connectivity index (χ1n) is 10.8. The van der Waals surface area contributed by atoms with E-state index in [9.17, 15) is 14.4 Å². The maximum absolute atomic E-state index is 12.5. The van der Waals surface area contributed by atoms with Crippen molar-refractivity contribution in [1.82, 2.24) is 15.2 Å². The molecule has 31 heavy (non-hydrogen) atoms. The molecule has 0 saturated carbocycles. The van der Waals surface area contributed by atoms with E-state index >= 15 is 0 Å². The highest BCUT2D eigenvalue weighted by Crippen LogP contribution is 2.20. The first-order chi connectivity index (χ1) is 15.0. The second-order valence-electron chi connectivity index (χ2n) is 8.01. The minimum atomic E-state index is -0.625. The van der Waals surface area contributed by atoms with E-state index in [1.807, 2.05) is 24.4 Å². The Labute approximate surface area is 180 Å². The van der Waals surface area contributed by atoms with Gasteiger partial charge >= 0.3 is 5.63 Å². The monoisotopic (exact) mass is 421 g/mol. The number of para-hydroxylation sites is 1. The highest BCUT2D eigenvalue weighted by molar-refractivity contribution is 5.95. The number of hydrogen-bond acceptors (Lipinski definition) is 4. The average Bonchev–Trinajstić information content (AvgIpc) is 3.16. The summed E-state index contributed by atoms with van der Waals surface area (Å²) in [5, 5.41) is 3.90. The van der Waals surface area contributed by atoms with Crippen molar-refractivity contribution in [3.05, 3.63) is 69.4 Å². The number of aromatic amines is 1. The van der Waals surface area contributed by atoms with Gasteiger partial charge in [-0.1, -0.05) is 18.2 Å². The lowest BCUT2D eigenvalue weighted by atomic mass is 10.1. The Balaban J connectivity index is 1.38. The van der Waals surface area contributed by atoms with Gasteiger partial charge in [0.2, 0.25) is 5.91 Å². The number of H-pyrrole nitrogens is 1. The Morgan fingerprint density at radius 1 is 1.19 bits per heavy atom. The maximum atomic E-state index is 12.5. The van der Waals surface area contributed by atoms with Gasteiger partial charge in [-0.3, -0.25) is 9.59 Å². The number of aryl methyl sites for hydroxylation is 3. The summed E-state index contributed by atoms with van der Waals surface area (Å²) in [6.07, 6.45) is 5.75. The van der Waals surface area contributed by atoms with Crippen molar-refractivity contribution in [2.24, 2.45) is 0 Å². The van der Waals surface area contributed by atoms with Crippen LogP contribution in [-0.4, -0.2) is 41.3 Å². The van der Waals surface area contributed by atoms with Crippen LogP contribution in [0.15, 0.2) is 45.7 Å². The SMILES string of the molecule is Cc1cc(CCc2c[nH]c3ccccc23)oc(=O)c1C(=O)NCCN1CCCCC1=O. The molecule has 1 saturated heterocycles. The average molecular weight is 421 g/mol. The van der Waals surface area contributed by atoms with E-state index in [1.54, 1.807) is 17.9 Å². The van der Waals surface area contributed by atoms with Gasteiger partial charge in [0.1, 0.15) is 11.3 Å². The summed E-state index contributed by atoms with van der Waals surface area (Å²) in [6, 6.07) is 9.84. The summed E-state index contributed by atoms with van der Waals surface area (Å²) in [6.45, 7) is 3.24. The highest BCUT2D eigenvalue weighted by atomic mass is 16.4. The van der Waals surface area contributed by atoms with E-state index < -0.39 is 11.5 Å². The topological polar surface area (TPSA) is 95.4 Å². The number of carbonyl (C=O) groups is 2. The minimum Gasteiger partial charge on any atom is -0.427 e. The van der Waals surface area contributed by atoms with Gasteiger partial charge in [0, 0.05) is 49.6 Å². The summed E-state index contributed by atoms with van der Waals surface area (Å²) in [7, 11) is 0. The van der Waals surface area contributed by atoms with Crippen LogP contribution < -0.4 is 10.9 Å². The quantitative estimate of drug-likeness (QED) is 0.613. The number of hydrogen-bond donors (Lipinski definition) is 2. The molecule has 3 heterocycles. The molecule has 1 aliphatic heterocycles. The fraction of sp³-hybridized carbons (Fsp3) is 0.375. The first-order valence-corrected chi connectivity index (χ1v) is 10.8. The second-order valence-corrected chi connectivity index (χ2v) is 8.01. The maximum Gasteiger partial charge on any atom is 0.349 e. The van der Waals surface area contributed by atoms with Crippen molar-refractivity contribution in [3.8, 4) is 0 Å². The third-order valence-corrected chi connectivity index (χ3v) is 5.83. The minimum absolute atomic E-state index is 0.0285. The zero-order chi connectivity index (χ0) is 21.8. The number of fused-ring (bicyclic) bond motifs is 1. The van der Waals surface area contributed by atoms with Crippen LogP contribution in [0.4, 0.5) is 0 Å². The number of amides is 2. The number of benzene rings is 1. The molecule has 0 atom stereocenters.